The molecule has 12 heteroatoms. The fourth-order valence-electron chi connectivity index (χ4n) is 4.64. The molecule has 9 nitrogen and oxygen atoms in total. The van der Waals surface area contributed by atoms with Gasteiger partial charge in [-0.1, -0.05) is 18.2 Å². The number of hydrogen-bond donors (Lipinski definition) is 1. The lowest BCUT2D eigenvalue weighted by Gasteiger charge is -2.34. The van der Waals surface area contributed by atoms with Gasteiger partial charge < -0.3 is 15.0 Å². The number of nitrogens with one attached hydrogen (secondary N) is 1. The van der Waals surface area contributed by atoms with Crippen molar-refractivity contribution < 1.29 is 31.5 Å². The van der Waals surface area contributed by atoms with Crippen molar-refractivity contribution in [1.82, 2.24) is 14.5 Å². The molecule has 218 valence electrons. The standard InChI is InChI=1S/C29H32F2N4O5S/c1-33(24-8-10-25(40-2)11-9-24)29(37)27(18-21-16-22(30)19-23(31)17-21)32-28(36)20-34-12-14-35(15-13-34)41(38,39)26-6-4-3-5-7-26/h3-11,16-17,19,27H,12-15,18,20H2,1-2H3,(H,32,36)/t27-/m0/s1. The van der Waals surface area contributed by atoms with Gasteiger partial charge in [-0.15, -0.1) is 0 Å². The number of piperazine rings is 1. The molecule has 0 spiro atoms. The Bertz CT molecular complexity index is 1440. The van der Waals surface area contributed by atoms with E-state index in [0.29, 0.717) is 24.5 Å². The lowest BCUT2D eigenvalue weighted by atomic mass is 10.0. The monoisotopic (exact) mass is 586 g/mol. The van der Waals surface area contributed by atoms with Crippen molar-refractivity contribution in [2.24, 2.45) is 0 Å². The van der Waals surface area contributed by atoms with Crippen molar-refractivity contribution >= 4 is 27.5 Å². The molecule has 1 aliphatic rings. The SMILES string of the molecule is COc1ccc(N(C)C(=O)[C@H](Cc2cc(F)cc(F)c2)NC(=O)CN2CCN(S(=O)(=O)c3ccccc3)CC2)cc1. The second-order valence-electron chi connectivity index (χ2n) is 9.69. The third kappa shape index (κ3) is 7.66. The largest absolute Gasteiger partial charge is 0.497 e. The van der Waals surface area contributed by atoms with Gasteiger partial charge in [0.15, 0.2) is 0 Å². The number of ether oxygens (including phenoxy) is 1. The van der Waals surface area contributed by atoms with Crippen molar-refractivity contribution in [3.63, 3.8) is 0 Å². The van der Waals surface area contributed by atoms with Crippen molar-refractivity contribution in [1.29, 1.82) is 0 Å². The summed E-state index contributed by atoms with van der Waals surface area (Å²) in [6.45, 7) is 0.968. The van der Waals surface area contributed by atoms with Crippen molar-refractivity contribution in [2.75, 3.05) is 51.8 Å². The first-order chi connectivity index (χ1) is 19.6. The Labute approximate surface area is 238 Å². The summed E-state index contributed by atoms with van der Waals surface area (Å²) < 4.78 is 60.1. The van der Waals surface area contributed by atoms with Gasteiger partial charge in [0, 0.05) is 51.4 Å². The number of carbonyl (C=O) groups excluding carboxylic acids is 2. The van der Waals surface area contributed by atoms with Crippen LogP contribution in [0.3, 0.4) is 0 Å². The first-order valence-corrected chi connectivity index (χ1v) is 14.4. The van der Waals surface area contributed by atoms with E-state index in [1.54, 1.807) is 66.5 Å². The maximum atomic E-state index is 13.9. The quantitative estimate of drug-likeness (QED) is 0.392. The Morgan fingerprint density at radius 1 is 0.951 bits per heavy atom. The molecule has 2 amide bonds. The topological polar surface area (TPSA) is 99.3 Å². The van der Waals surface area contributed by atoms with Gasteiger partial charge in [0.1, 0.15) is 23.4 Å². The minimum absolute atomic E-state index is 0.0766. The lowest BCUT2D eigenvalue weighted by molar-refractivity contribution is -0.128. The Morgan fingerprint density at radius 2 is 1.56 bits per heavy atom. The molecule has 0 bridgehead atoms. The van der Waals surface area contributed by atoms with Crippen LogP contribution in [-0.2, 0) is 26.0 Å². The van der Waals surface area contributed by atoms with E-state index in [2.05, 4.69) is 5.32 Å². The van der Waals surface area contributed by atoms with Crippen LogP contribution in [-0.4, -0.2) is 82.4 Å². The van der Waals surface area contributed by atoms with E-state index in [1.165, 1.54) is 16.3 Å². The molecular weight excluding hydrogens is 554 g/mol. The van der Waals surface area contributed by atoms with E-state index in [9.17, 15) is 26.8 Å². The number of sulfonamides is 1. The van der Waals surface area contributed by atoms with Crippen LogP contribution >= 0.6 is 0 Å². The summed E-state index contributed by atoms with van der Waals surface area (Å²) in [5, 5.41) is 2.72. The number of hydrogen-bond acceptors (Lipinski definition) is 6. The van der Waals surface area contributed by atoms with E-state index >= 15 is 0 Å². The smallest absolute Gasteiger partial charge is 0.249 e. The lowest BCUT2D eigenvalue weighted by Crippen LogP contribution is -2.54. The zero-order valence-electron chi connectivity index (χ0n) is 22.8. The maximum absolute atomic E-state index is 13.9. The van der Waals surface area contributed by atoms with E-state index < -0.39 is 39.5 Å². The first-order valence-electron chi connectivity index (χ1n) is 13.0. The minimum Gasteiger partial charge on any atom is -0.497 e. The molecule has 0 saturated carbocycles. The molecule has 1 N–H and O–H groups in total. The fraction of sp³-hybridized carbons (Fsp3) is 0.310. The van der Waals surface area contributed by atoms with Gasteiger partial charge >= 0.3 is 0 Å². The maximum Gasteiger partial charge on any atom is 0.249 e. The highest BCUT2D eigenvalue weighted by Crippen LogP contribution is 2.20. The van der Waals surface area contributed by atoms with Gasteiger partial charge in [0.2, 0.25) is 21.8 Å². The van der Waals surface area contributed by atoms with Crippen LogP contribution in [0.5, 0.6) is 5.75 Å². The fourth-order valence-corrected chi connectivity index (χ4v) is 6.09. The molecule has 3 aromatic rings. The molecule has 0 aromatic heterocycles. The van der Waals surface area contributed by atoms with Gasteiger partial charge in [0.05, 0.1) is 18.6 Å². The number of rotatable bonds is 10. The summed E-state index contributed by atoms with van der Waals surface area (Å²) in [5.74, 6) is -1.92. The van der Waals surface area contributed by atoms with E-state index in [0.717, 1.165) is 18.2 Å². The molecule has 1 atom stereocenters. The molecule has 1 aliphatic heterocycles. The number of likely N-dealkylation sites (N-methyl/N-ethyl adjacent to an activating group) is 1. The normalized spacial score (nSPS) is 15.2. The summed E-state index contributed by atoms with van der Waals surface area (Å²) in [5.41, 5.74) is 0.750. The molecular formula is C29H32F2N4O5S. The molecule has 4 rings (SSSR count). The minimum atomic E-state index is -3.64. The Kier molecular flexibility index (Phi) is 9.69. The van der Waals surface area contributed by atoms with Gasteiger partial charge in [-0.3, -0.25) is 14.5 Å². The van der Waals surface area contributed by atoms with Crippen molar-refractivity contribution in [2.45, 2.75) is 17.4 Å². The summed E-state index contributed by atoms with van der Waals surface area (Å²) in [6, 6.07) is 16.7. The van der Waals surface area contributed by atoms with Crippen LogP contribution in [0.4, 0.5) is 14.5 Å². The summed E-state index contributed by atoms with van der Waals surface area (Å²) in [6.07, 6.45) is -0.136. The zero-order valence-corrected chi connectivity index (χ0v) is 23.6. The number of benzene rings is 3. The highest BCUT2D eigenvalue weighted by atomic mass is 32.2. The third-order valence-electron chi connectivity index (χ3n) is 6.87. The van der Waals surface area contributed by atoms with Crippen LogP contribution in [0, 0.1) is 11.6 Å². The molecule has 41 heavy (non-hydrogen) atoms. The van der Waals surface area contributed by atoms with E-state index in [1.807, 2.05) is 0 Å². The highest BCUT2D eigenvalue weighted by molar-refractivity contribution is 7.89. The Morgan fingerprint density at radius 3 is 2.15 bits per heavy atom. The predicted molar refractivity (Wildman–Crippen MR) is 150 cm³/mol. The van der Waals surface area contributed by atoms with Crippen molar-refractivity contribution in [3.8, 4) is 5.75 Å². The van der Waals surface area contributed by atoms with E-state index in [-0.39, 0.29) is 36.5 Å². The number of anilines is 1. The zero-order chi connectivity index (χ0) is 29.6. The Hall–Kier alpha value is -3.87. The highest BCUT2D eigenvalue weighted by Gasteiger charge is 2.30. The van der Waals surface area contributed by atoms with Crippen LogP contribution in [0.2, 0.25) is 0 Å². The van der Waals surface area contributed by atoms with Crippen molar-refractivity contribution in [3.05, 3.63) is 90.0 Å². The third-order valence-corrected chi connectivity index (χ3v) is 8.78. The summed E-state index contributed by atoms with van der Waals surface area (Å²) >= 11 is 0. The number of halogens is 2. The Balaban J connectivity index is 1.43. The van der Waals surface area contributed by atoms with Crippen LogP contribution in [0.25, 0.3) is 0 Å². The number of carbonyl (C=O) groups is 2. The van der Waals surface area contributed by atoms with Gasteiger partial charge in [-0.25, -0.2) is 17.2 Å². The van der Waals surface area contributed by atoms with Crippen LogP contribution < -0.4 is 15.0 Å². The number of nitrogens with zero attached hydrogens (tertiary/aromatic N) is 3. The van der Waals surface area contributed by atoms with Gasteiger partial charge in [-0.05, 0) is 54.1 Å². The first kappa shape index (κ1) is 30.1. The van der Waals surface area contributed by atoms with E-state index in [4.69, 9.17) is 4.74 Å². The average molecular weight is 587 g/mol. The molecule has 0 unspecified atom stereocenters. The second-order valence-corrected chi connectivity index (χ2v) is 11.6. The number of methoxy groups -OCH3 is 1. The summed E-state index contributed by atoms with van der Waals surface area (Å²) in [7, 11) is -0.572. The van der Waals surface area contributed by atoms with Gasteiger partial charge in [0.25, 0.3) is 0 Å². The molecule has 1 heterocycles. The predicted octanol–water partition coefficient (Wildman–Crippen LogP) is 2.67. The summed E-state index contributed by atoms with van der Waals surface area (Å²) in [4.78, 5) is 29.9. The van der Waals surface area contributed by atoms with Crippen LogP contribution in [0.1, 0.15) is 5.56 Å². The molecule has 1 saturated heterocycles. The number of amides is 2. The second kappa shape index (κ2) is 13.2. The molecule has 3 aromatic carbocycles. The molecule has 0 radical (unpaired) electrons. The van der Waals surface area contributed by atoms with Crippen LogP contribution in [0.15, 0.2) is 77.7 Å². The molecule has 1 fully saturated rings. The average Bonchev–Trinajstić information content (AvgIpc) is 2.96. The van der Waals surface area contributed by atoms with Gasteiger partial charge in [-0.2, -0.15) is 4.31 Å². The molecule has 0 aliphatic carbocycles.